The molecule has 0 nitrogen and oxygen atoms in total. The Morgan fingerprint density at radius 2 is 1.62 bits per heavy atom. The van der Waals surface area contributed by atoms with Gasteiger partial charge in [0.15, 0.2) is 17.5 Å². The largest absolute Gasteiger partial charge is 0.204 e. The van der Waals surface area contributed by atoms with Gasteiger partial charge in [-0.1, -0.05) is 70.0 Å². The predicted molar refractivity (Wildman–Crippen MR) is 96.3 cm³/mol. The summed E-state index contributed by atoms with van der Waals surface area (Å²) in [7, 11) is -0.0578. The lowest BCUT2D eigenvalue weighted by molar-refractivity contribution is 0.416. The van der Waals surface area contributed by atoms with Crippen molar-refractivity contribution in [2.24, 2.45) is 5.92 Å². The molecule has 1 radical (unpaired) electrons. The summed E-state index contributed by atoms with van der Waals surface area (Å²) in [6, 6.07) is 6.72. The molecule has 1 aromatic rings. The maximum Gasteiger partial charge on any atom is 0.194 e. The van der Waals surface area contributed by atoms with Crippen molar-refractivity contribution >= 4 is 8.80 Å². The molecule has 0 atom stereocenters. The zero-order valence-electron chi connectivity index (χ0n) is 14.9. The van der Waals surface area contributed by atoms with Gasteiger partial charge in [0.1, 0.15) is 0 Å². The Balaban J connectivity index is 1.60. The molecule has 0 saturated carbocycles. The molecule has 1 saturated heterocycles. The Labute approximate surface area is 146 Å². The Morgan fingerprint density at radius 1 is 0.958 bits per heavy atom. The first-order valence-electron chi connectivity index (χ1n) is 9.57. The molecule has 0 bridgehead atoms. The summed E-state index contributed by atoms with van der Waals surface area (Å²) in [5.74, 6) is -2.66. The molecule has 1 aliphatic rings. The molecule has 135 valence electrons. The second kappa shape index (κ2) is 10.3. The standard InChI is InChI=1S/C20H30F3Si/c1-2-3-6-11-24-12-9-16(10-13-24)7-4-5-8-17-14-18(21)20(23)19(22)15-17/h14-16H,2-13H2,1H3. The van der Waals surface area contributed by atoms with Crippen LogP contribution in [0.25, 0.3) is 0 Å². The molecule has 0 aliphatic carbocycles. The van der Waals surface area contributed by atoms with E-state index in [0.717, 1.165) is 30.9 Å². The lowest BCUT2D eigenvalue weighted by Crippen LogP contribution is -2.21. The molecule has 24 heavy (non-hydrogen) atoms. The SMILES string of the molecule is CCCCC[Si]1CCC(CCCCc2cc(F)c(F)c(F)c2)CC1. The van der Waals surface area contributed by atoms with Crippen molar-refractivity contribution < 1.29 is 13.2 Å². The van der Waals surface area contributed by atoms with Gasteiger partial charge < -0.3 is 0 Å². The van der Waals surface area contributed by atoms with Gasteiger partial charge in [0.05, 0.1) is 0 Å². The summed E-state index contributed by atoms with van der Waals surface area (Å²) in [5.41, 5.74) is 0.566. The molecule has 0 N–H and O–H groups in total. The van der Waals surface area contributed by atoms with Gasteiger partial charge in [0.25, 0.3) is 0 Å². The molecular formula is C20H30F3Si. The minimum Gasteiger partial charge on any atom is -0.204 e. The molecule has 0 aromatic heterocycles. The van der Waals surface area contributed by atoms with E-state index in [1.54, 1.807) is 0 Å². The van der Waals surface area contributed by atoms with Crippen LogP contribution in [0.2, 0.25) is 18.1 Å². The molecule has 1 heterocycles. The lowest BCUT2D eigenvalue weighted by Gasteiger charge is -2.27. The van der Waals surface area contributed by atoms with Gasteiger partial charge in [-0.05, 0) is 36.5 Å². The Bertz CT molecular complexity index is 473. The van der Waals surface area contributed by atoms with E-state index in [-0.39, 0.29) is 8.80 Å². The number of aryl methyl sites for hydroxylation is 1. The average Bonchev–Trinajstić information content (AvgIpc) is 2.58. The fourth-order valence-electron chi connectivity index (χ4n) is 3.76. The van der Waals surface area contributed by atoms with E-state index in [0.29, 0.717) is 12.0 Å². The first-order valence-corrected chi connectivity index (χ1v) is 11.7. The van der Waals surface area contributed by atoms with Crippen LogP contribution in [0.3, 0.4) is 0 Å². The van der Waals surface area contributed by atoms with Crippen molar-refractivity contribution in [3.05, 3.63) is 35.1 Å². The van der Waals surface area contributed by atoms with Crippen LogP contribution < -0.4 is 0 Å². The summed E-state index contributed by atoms with van der Waals surface area (Å²) < 4.78 is 39.3. The highest BCUT2D eigenvalue weighted by Crippen LogP contribution is 2.31. The minimum atomic E-state index is -1.36. The molecule has 0 unspecified atom stereocenters. The van der Waals surface area contributed by atoms with Crippen molar-refractivity contribution in [3.63, 3.8) is 0 Å². The zero-order valence-corrected chi connectivity index (χ0v) is 15.9. The summed E-state index contributed by atoms with van der Waals surface area (Å²) in [5, 5.41) is 0. The van der Waals surface area contributed by atoms with E-state index in [4.69, 9.17) is 0 Å². The number of rotatable bonds is 9. The van der Waals surface area contributed by atoms with E-state index < -0.39 is 17.5 Å². The summed E-state index contributed by atoms with van der Waals surface area (Å²) >= 11 is 0. The van der Waals surface area contributed by atoms with Crippen molar-refractivity contribution in [1.82, 2.24) is 0 Å². The number of unbranched alkanes of at least 4 members (excludes halogenated alkanes) is 3. The number of hydrogen-bond acceptors (Lipinski definition) is 0. The fourth-order valence-corrected chi connectivity index (χ4v) is 6.90. The van der Waals surface area contributed by atoms with Crippen LogP contribution in [0.1, 0.15) is 63.9 Å². The smallest absolute Gasteiger partial charge is 0.194 e. The van der Waals surface area contributed by atoms with Gasteiger partial charge in [-0.15, -0.1) is 0 Å². The summed E-state index contributed by atoms with van der Waals surface area (Å²) in [6.07, 6.45) is 10.8. The van der Waals surface area contributed by atoms with E-state index in [1.165, 1.54) is 56.7 Å². The van der Waals surface area contributed by atoms with Gasteiger partial charge in [0, 0.05) is 8.80 Å². The van der Waals surface area contributed by atoms with Crippen LogP contribution in [0.15, 0.2) is 12.1 Å². The van der Waals surface area contributed by atoms with Crippen LogP contribution in [0, 0.1) is 23.4 Å². The van der Waals surface area contributed by atoms with Gasteiger partial charge in [-0.25, -0.2) is 13.2 Å². The van der Waals surface area contributed by atoms with E-state index in [1.807, 2.05) is 0 Å². The molecule has 1 fully saturated rings. The van der Waals surface area contributed by atoms with E-state index in [9.17, 15) is 13.2 Å². The Morgan fingerprint density at radius 3 is 2.25 bits per heavy atom. The molecular weight excluding hydrogens is 325 g/mol. The van der Waals surface area contributed by atoms with Crippen molar-refractivity contribution in [3.8, 4) is 0 Å². The monoisotopic (exact) mass is 355 g/mol. The minimum absolute atomic E-state index is 0.0578. The van der Waals surface area contributed by atoms with Crippen molar-refractivity contribution in [2.45, 2.75) is 82.8 Å². The van der Waals surface area contributed by atoms with Gasteiger partial charge >= 0.3 is 0 Å². The molecule has 0 spiro atoms. The zero-order chi connectivity index (χ0) is 17.4. The van der Waals surface area contributed by atoms with Gasteiger partial charge in [-0.3, -0.25) is 0 Å². The summed E-state index contributed by atoms with van der Waals surface area (Å²) in [6.45, 7) is 2.27. The van der Waals surface area contributed by atoms with Crippen LogP contribution >= 0.6 is 0 Å². The second-order valence-corrected chi connectivity index (χ2v) is 10.3. The Hall–Kier alpha value is -0.773. The molecule has 0 amide bonds. The van der Waals surface area contributed by atoms with Gasteiger partial charge in [-0.2, -0.15) is 0 Å². The van der Waals surface area contributed by atoms with Gasteiger partial charge in [0.2, 0.25) is 0 Å². The quantitative estimate of drug-likeness (QED) is 0.256. The third-order valence-electron chi connectivity index (χ3n) is 5.32. The molecule has 4 heteroatoms. The topological polar surface area (TPSA) is 0 Å². The van der Waals surface area contributed by atoms with Crippen molar-refractivity contribution in [2.75, 3.05) is 0 Å². The highest BCUT2D eigenvalue weighted by molar-refractivity contribution is 6.58. The number of benzene rings is 1. The first kappa shape index (κ1) is 19.6. The third-order valence-corrected chi connectivity index (χ3v) is 8.37. The van der Waals surface area contributed by atoms with Crippen LogP contribution in [0.4, 0.5) is 13.2 Å². The normalized spacial score (nSPS) is 16.7. The van der Waals surface area contributed by atoms with E-state index >= 15 is 0 Å². The fraction of sp³-hybridized carbons (Fsp3) is 0.700. The molecule has 1 aromatic carbocycles. The van der Waals surface area contributed by atoms with E-state index in [2.05, 4.69) is 6.92 Å². The van der Waals surface area contributed by atoms with Crippen LogP contribution in [0.5, 0.6) is 0 Å². The molecule has 1 aliphatic heterocycles. The second-order valence-electron chi connectivity index (χ2n) is 7.27. The van der Waals surface area contributed by atoms with Crippen molar-refractivity contribution in [1.29, 1.82) is 0 Å². The maximum atomic E-state index is 13.2. The highest BCUT2D eigenvalue weighted by atomic mass is 28.3. The summed E-state index contributed by atoms with van der Waals surface area (Å²) in [4.78, 5) is 0. The highest BCUT2D eigenvalue weighted by Gasteiger charge is 2.21. The van der Waals surface area contributed by atoms with Crippen LogP contribution in [-0.4, -0.2) is 8.80 Å². The van der Waals surface area contributed by atoms with Crippen LogP contribution in [-0.2, 0) is 6.42 Å². The first-order chi connectivity index (χ1) is 11.6. The Kier molecular flexibility index (Phi) is 8.37. The average molecular weight is 356 g/mol. The predicted octanol–water partition coefficient (Wildman–Crippen LogP) is 6.91. The lowest BCUT2D eigenvalue weighted by atomic mass is 9.95. The molecule has 2 rings (SSSR count). The maximum absolute atomic E-state index is 13.2. The number of hydrogen-bond donors (Lipinski definition) is 0. The third kappa shape index (κ3) is 6.27. The number of halogens is 3.